The van der Waals surface area contributed by atoms with Crippen LogP contribution in [-0.4, -0.2) is 18.1 Å². The summed E-state index contributed by atoms with van der Waals surface area (Å²) in [6.07, 6.45) is 3.30. The number of nitrogens with zero attached hydrogens (tertiary/aromatic N) is 1. The Morgan fingerprint density at radius 2 is 2.50 bits per heavy atom. The summed E-state index contributed by atoms with van der Waals surface area (Å²) < 4.78 is 4.15. The fourth-order valence-corrected chi connectivity index (χ4v) is 0.444. The van der Waals surface area contributed by atoms with E-state index in [1.807, 2.05) is 0 Å². The van der Waals surface area contributed by atoms with Gasteiger partial charge in [0.1, 0.15) is 0 Å². The molecule has 0 aliphatic carbocycles. The van der Waals surface area contributed by atoms with Crippen molar-refractivity contribution in [3.8, 4) is 0 Å². The maximum absolute atomic E-state index is 9.18. The maximum atomic E-state index is 9.18. The summed E-state index contributed by atoms with van der Waals surface area (Å²) in [5, 5.41) is 0. The lowest BCUT2D eigenvalue weighted by molar-refractivity contribution is -0.128. The smallest absolute Gasteiger partial charge is 0.293 e. The molecule has 0 spiro atoms. The minimum absolute atomic E-state index is 0.431. The zero-order valence-corrected chi connectivity index (χ0v) is 6.93. The standard InChI is InChI=1S/C5H6N2.C3H6O2/c6-5-2-1-3-7-4-5;1-2-5-3-4/h1-4H,6H2;3H,2H2,1H3. The highest BCUT2D eigenvalue weighted by Crippen LogP contribution is 1.92. The Balaban J connectivity index is 0.000000217. The molecule has 0 aromatic carbocycles. The third-order valence-electron chi connectivity index (χ3n) is 0.919. The van der Waals surface area contributed by atoms with E-state index in [4.69, 9.17) is 5.73 Å². The predicted octanol–water partition coefficient (Wildman–Crippen LogP) is 0.843. The Bertz CT molecular complexity index is 201. The van der Waals surface area contributed by atoms with Gasteiger partial charge in [-0.05, 0) is 19.1 Å². The third kappa shape index (κ3) is 6.54. The van der Waals surface area contributed by atoms with E-state index < -0.39 is 0 Å². The molecule has 0 radical (unpaired) electrons. The van der Waals surface area contributed by atoms with Gasteiger partial charge >= 0.3 is 0 Å². The van der Waals surface area contributed by atoms with Gasteiger partial charge < -0.3 is 10.5 Å². The van der Waals surface area contributed by atoms with Crippen molar-refractivity contribution in [2.45, 2.75) is 6.92 Å². The molecule has 0 atom stereocenters. The Morgan fingerprint density at radius 3 is 2.67 bits per heavy atom. The minimum Gasteiger partial charge on any atom is -0.468 e. The van der Waals surface area contributed by atoms with E-state index >= 15 is 0 Å². The molecule has 0 fully saturated rings. The van der Waals surface area contributed by atoms with Crippen molar-refractivity contribution < 1.29 is 9.53 Å². The summed E-state index contributed by atoms with van der Waals surface area (Å²) in [6, 6.07) is 3.60. The Labute approximate surface area is 71.4 Å². The molecular formula is C8H12N2O2. The number of carbonyl (C=O) groups is 1. The largest absolute Gasteiger partial charge is 0.468 e. The number of pyridine rings is 1. The molecule has 1 aromatic rings. The first kappa shape index (κ1) is 10.4. The molecular weight excluding hydrogens is 156 g/mol. The number of nitrogens with two attached hydrogens (primary N) is 1. The average molecular weight is 168 g/mol. The van der Waals surface area contributed by atoms with E-state index in [0.717, 1.165) is 0 Å². The summed E-state index contributed by atoms with van der Waals surface area (Å²) in [5.74, 6) is 0. The molecule has 1 aromatic heterocycles. The molecule has 1 rings (SSSR count). The van der Waals surface area contributed by atoms with Crippen molar-refractivity contribution in [1.82, 2.24) is 4.98 Å². The van der Waals surface area contributed by atoms with Crippen LogP contribution in [0.4, 0.5) is 5.69 Å². The number of aromatic nitrogens is 1. The van der Waals surface area contributed by atoms with Crippen molar-refractivity contribution in [3.05, 3.63) is 24.5 Å². The van der Waals surface area contributed by atoms with Crippen molar-refractivity contribution in [2.24, 2.45) is 0 Å². The predicted molar refractivity (Wildman–Crippen MR) is 46.3 cm³/mol. The quantitative estimate of drug-likeness (QED) is 0.664. The van der Waals surface area contributed by atoms with Gasteiger partial charge in [-0.2, -0.15) is 0 Å². The molecule has 0 amide bonds. The average Bonchev–Trinajstić information content (AvgIpc) is 2.08. The SMILES string of the molecule is CCOC=O.Nc1cccnc1. The summed E-state index contributed by atoms with van der Waals surface area (Å²) in [7, 11) is 0. The van der Waals surface area contributed by atoms with Gasteiger partial charge in [-0.15, -0.1) is 0 Å². The zero-order valence-electron chi connectivity index (χ0n) is 6.93. The number of nitrogen functional groups attached to an aromatic ring is 1. The lowest BCUT2D eigenvalue weighted by Gasteiger charge is -1.83. The van der Waals surface area contributed by atoms with Gasteiger partial charge in [0.15, 0.2) is 0 Å². The number of ether oxygens (including phenoxy) is 1. The van der Waals surface area contributed by atoms with E-state index in [9.17, 15) is 4.79 Å². The summed E-state index contributed by atoms with van der Waals surface area (Å²) in [6.45, 7) is 2.66. The van der Waals surface area contributed by atoms with Crippen molar-refractivity contribution in [1.29, 1.82) is 0 Å². The molecule has 1 heterocycles. The number of hydrogen-bond acceptors (Lipinski definition) is 4. The zero-order chi connectivity index (χ0) is 9.23. The first-order valence-electron chi connectivity index (χ1n) is 3.52. The highest BCUT2D eigenvalue weighted by atomic mass is 16.5. The van der Waals surface area contributed by atoms with E-state index in [-0.39, 0.29) is 0 Å². The Hall–Kier alpha value is -1.58. The Kier molecular flexibility index (Phi) is 6.54. The van der Waals surface area contributed by atoms with Crippen molar-refractivity contribution >= 4 is 12.2 Å². The third-order valence-corrected chi connectivity index (χ3v) is 0.919. The van der Waals surface area contributed by atoms with E-state index in [0.29, 0.717) is 18.8 Å². The van der Waals surface area contributed by atoms with Crippen LogP contribution >= 0.6 is 0 Å². The van der Waals surface area contributed by atoms with E-state index in [1.165, 1.54) is 0 Å². The fraction of sp³-hybridized carbons (Fsp3) is 0.250. The van der Waals surface area contributed by atoms with Crippen LogP contribution in [0.2, 0.25) is 0 Å². The van der Waals surface area contributed by atoms with Gasteiger partial charge in [0.25, 0.3) is 6.47 Å². The molecule has 12 heavy (non-hydrogen) atoms. The topological polar surface area (TPSA) is 65.2 Å². The first-order chi connectivity index (χ1) is 5.81. The van der Waals surface area contributed by atoms with Gasteiger partial charge in [0, 0.05) is 12.4 Å². The van der Waals surface area contributed by atoms with Crippen LogP contribution < -0.4 is 5.73 Å². The van der Waals surface area contributed by atoms with Gasteiger partial charge in [-0.25, -0.2) is 0 Å². The summed E-state index contributed by atoms with van der Waals surface area (Å²) >= 11 is 0. The highest BCUT2D eigenvalue weighted by molar-refractivity contribution is 5.36. The normalized spacial score (nSPS) is 7.75. The monoisotopic (exact) mass is 168 g/mol. The lowest BCUT2D eigenvalue weighted by atomic mass is 10.4. The molecule has 4 nitrogen and oxygen atoms in total. The van der Waals surface area contributed by atoms with Crippen LogP contribution in [-0.2, 0) is 9.53 Å². The van der Waals surface area contributed by atoms with Gasteiger partial charge in [0.05, 0.1) is 12.3 Å². The van der Waals surface area contributed by atoms with Crippen LogP contribution in [0.5, 0.6) is 0 Å². The molecule has 0 saturated carbocycles. The van der Waals surface area contributed by atoms with Crippen LogP contribution in [0.25, 0.3) is 0 Å². The van der Waals surface area contributed by atoms with E-state index in [1.54, 1.807) is 31.5 Å². The maximum Gasteiger partial charge on any atom is 0.293 e. The van der Waals surface area contributed by atoms with Gasteiger partial charge in [-0.3, -0.25) is 9.78 Å². The Morgan fingerprint density at radius 1 is 1.75 bits per heavy atom. The fourth-order valence-electron chi connectivity index (χ4n) is 0.444. The second-order valence-electron chi connectivity index (χ2n) is 1.84. The van der Waals surface area contributed by atoms with Crippen LogP contribution in [0.15, 0.2) is 24.5 Å². The molecule has 66 valence electrons. The molecule has 0 unspecified atom stereocenters. The number of hydrogen-bond donors (Lipinski definition) is 1. The van der Waals surface area contributed by atoms with Crippen molar-refractivity contribution in [2.75, 3.05) is 12.3 Å². The number of anilines is 1. The van der Waals surface area contributed by atoms with Gasteiger partial charge in [0.2, 0.25) is 0 Å². The van der Waals surface area contributed by atoms with Crippen molar-refractivity contribution in [3.63, 3.8) is 0 Å². The molecule has 0 aliphatic heterocycles. The second-order valence-corrected chi connectivity index (χ2v) is 1.84. The first-order valence-corrected chi connectivity index (χ1v) is 3.52. The lowest BCUT2D eigenvalue weighted by Crippen LogP contribution is -1.82. The van der Waals surface area contributed by atoms with E-state index in [2.05, 4.69) is 9.72 Å². The highest BCUT2D eigenvalue weighted by Gasteiger charge is 1.73. The molecule has 0 aliphatic rings. The molecule has 0 bridgehead atoms. The van der Waals surface area contributed by atoms with Crippen LogP contribution in [0.3, 0.4) is 0 Å². The summed E-state index contributed by atoms with van der Waals surface area (Å²) in [5.41, 5.74) is 6.01. The summed E-state index contributed by atoms with van der Waals surface area (Å²) in [4.78, 5) is 12.9. The second kappa shape index (κ2) is 7.53. The van der Waals surface area contributed by atoms with Gasteiger partial charge in [-0.1, -0.05) is 0 Å². The van der Waals surface area contributed by atoms with Crippen LogP contribution in [0.1, 0.15) is 6.92 Å². The number of carbonyl (C=O) groups excluding carboxylic acids is 1. The minimum atomic E-state index is 0.431. The molecule has 2 N–H and O–H groups in total. The molecule has 4 heteroatoms. The number of rotatable bonds is 2. The van der Waals surface area contributed by atoms with Crippen LogP contribution in [0, 0.1) is 0 Å². The molecule has 0 saturated heterocycles.